The number of aryl methyl sites for hydroxylation is 1. The fraction of sp³-hybridized carbons (Fsp3) is 0.700. The second-order valence-corrected chi connectivity index (χ2v) is 3.47. The van der Waals surface area contributed by atoms with Crippen LogP contribution in [0.2, 0.25) is 0 Å². The summed E-state index contributed by atoms with van der Waals surface area (Å²) in [5.74, 6) is 0.442. The maximum absolute atomic E-state index is 11.5. The van der Waals surface area contributed by atoms with Gasteiger partial charge in [-0.1, -0.05) is 13.8 Å². The first-order chi connectivity index (χ1) is 7.19. The number of Topliss-reactive ketones (excluding diaryl/α,β-unsaturated/α-hetero) is 1. The summed E-state index contributed by atoms with van der Waals surface area (Å²) >= 11 is 0. The van der Waals surface area contributed by atoms with E-state index < -0.39 is 6.10 Å². The number of carbonyl (C=O) groups excluding carboxylic acids is 1. The molecule has 5 nitrogen and oxygen atoms in total. The van der Waals surface area contributed by atoms with Crippen molar-refractivity contribution >= 4 is 5.78 Å². The minimum atomic E-state index is -0.878. The molecule has 0 fully saturated rings. The average Bonchev–Trinajstić information content (AvgIpc) is 2.65. The summed E-state index contributed by atoms with van der Waals surface area (Å²) in [6.45, 7) is 4.57. The Kier molecular flexibility index (Phi) is 4.42. The molecular formula is C10H17N3O2. The van der Waals surface area contributed by atoms with Gasteiger partial charge in [0, 0.05) is 6.54 Å². The summed E-state index contributed by atoms with van der Waals surface area (Å²) in [6.07, 6.45) is 2.12. The molecule has 0 aliphatic rings. The van der Waals surface area contributed by atoms with Crippen LogP contribution in [-0.2, 0) is 17.8 Å². The number of aliphatic hydroxyl groups is 1. The molecule has 0 saturated heterocycles. The molecule has 1 atom stereocenters. The zero-order chi connectivity index (χ0) is 11.3. The Morgan fingerprint density at radius 1 is 1.60 bits per heavy atom. The Morgan fingerprint density at radius 2 is 2.33 bits per heavy atom. The van der Waals surface area contributed by atoms with E-state index in [2.05, 4.69) is 10.1 Å². The van der Waals surface area contributed by atoms with Crippen molar-refractivity contribution in [3.63, 3.8) is 0 Å². The van der Waals surface area contributed by atoms with Crippen LogP contribution in [0.4, 0.5) is 0 Å². The first kappa shape index (κ1) is 11.8. The van der Waals surface area contributed by atoms with Gasteiger partial charge in [-0.3, -0.25) is 4.79 Å². The number of hydrogen-bond acceptors (Lipinski definition) is 4. The van der Waals surface area contributed by atoms with Gasteiger partial charge in [-0.15, -0.1) is 0 Å². The van der Waals surface area contributed by atoms with Crippen molar-refractivity contribution in [3.8, 4) is 0 Å². The Balaban J connectivity index is 2.63. The molecule has 1 unspecified atom stereocenters. The zero-order valence-corrected chi connectivity index (χ0v) is 9.18. The molecule has 0 spiro atoms. The number of aliphatic hydroxyl groups excluding tert-OH is 1. The lowest BCUT2D eigenvalue weighted by Gasteiger charge is -2.07. The molecule has 1 heterocycles. The highest BCUT2D eigenvalue weighted by molar-refractivity contribution is 5.84. The van der Waals surface area contributed by atoms with Crippen molar-refractivity contribution in [1.29, 1.82) is 0 Å². The molecule has 0 aliphatic heterocycles. The van der Waals surface area contributed by atoms with Crippen molar-refractivity contribution in [1.82, 2.24) is 14.8 Å². The second kappa shape index (κ2) is 5.60. The van der Waals surface area contributed by atoms with Gasteiger partial charge in [-0.2, -0.15) is 5.10 Å². The Morgan fingerprint density at radius 3 is 2.93 bits per heavy atom. The van der Waals surface area contributed by atoms with Gasteiger partial charge in [0.25, 0.3) is 0 Å². The topological polar surface area (TPSA) is 68.0 Å². The lowest BCUT2D eigenvalue weighted by molar-refractivity contribution is -0.126. The van der Waals surface area contributed by atoms with Gasteiger partial charge in [0.2, 0.25) is 0 Å². The van der Waals surface area contributed by atoms with Gasteiger partial charge < -0.3 is 5.11 Å². The normalized spacial score (nSPS) is 12.7. The third-order valence-electron chi connectivity index (χ3n) is 2.22. The number of aromatic nitrogens is 3. The highest BCUT2D eigenvalue weighted by atomic mass is 16.3. The second-order valence-electron chi connectivity index (χ2n) is 3.47. The molecule has 0 aromatic carbocycles. The third-order valence-corrected chi connectivity index (χ3v) is 2.22. The predicted octanol–water partition coefficient (Wildman–Crippen LogP) is 0.571. The summed E-state index contributed by atoms with van der Waals surface area (Å²) < 4.78 is 1.71. The summed E-state index contributed by atoms with van der Waals surface area (Å²) in [5, 5.41) is 13.4. The van der Waals surface area contributed by atoms with Gasteiger partial charge in [0.15, 0.2) is 5.78 Å². The SMILES string of the molecule is CCCn1ncnc1CC(=O)C(O)CC. The van der Waals surface area contributed by atoms with Crippen LogP contribution in [0.25, 0.3) is 0 Å². The Bertz CT molecular complexity index is 322. The van der Waals surface area contributed by atoms with E-state index in [0.717, 1.165) is 13.0 Å². The maximum atomic E-state index is 11.5. The summed E-state index contributed by atoms with van der Waals surface area (Å²) in [5.41, 5.74) is 0. The van der Waals surface area contributed by atoms with E-state index in [1.54, 1.807) is 11.6 Å². The average molecular weight is 211 g/mol. The number of nitrogens with zero attached hydrogens (tertiary/aromatic N) is 3. The lowest BCUT2D eigenvalue weighted by atomic mass is 10.1. The van der Waals surface area contributed by atoms with E-state index in [-0.39, 0.29) is 12.2 Å². The number of hydrogen-bond donors (Lipinski definition) is 1. The summed E-state index contributed by atoms with van der Waals surface area (Å²) in [6, 6.07) is 0. The van der Waals surface area contributed by atoms with E-state index >= 15 is 0 Å². The van der Waals surface area contributed by atoms with Crippen molar-refractivity contribution in [2.45, 2.75) is 45.8 Å². The van der Waals surface area contributed by atoms with Crippen LogP contribution in [0.15, 0.2) is 6.33 Å². The van der Waals surface area contributed by atoms with E-state index in [1.807, 2.05) is 6.92 Å². The quantitative estimate of drug-likeness (QED) is 0.747. The van der Waals surface area contributed by atoms with Gasteiger partial charge in [0.1, 0.15) is 18.3 Å². The van der Waals surface area contributed by atoms with E-state index in [4.69, 9.17) is 0 Å². The van der Waals surface area contributed by atoms with Crippen LogP contribution >= 0.6 is 0 Å². The van der Waals surface area contributed by atoms with Crippen LogP contribution in [0, 0.1) is 0 Å². The number of rotatable bonds is 6. The number of ketones is 1. The fourth-order valence-electron chi connectivity index (χ4n) is 1.32. The van der Waals surface area contributed by atoms with Gasteiger partial charge in [0.05, 0.1) is 6.42 Å². The molecule has 15 heavy (non-hydrogen) atoms. The van der Waals surface area contributed by atoms with E-state index in [0.29, 0.717) is 12.2 Å². The standard InChI is InChI=1S/C10H17N3O2/c1-3-5-13-10(11-7-12-13)6-9(15)8(14)4-2/h7-8,14H,3-6H2,1-2H3. The Labute approximate surface area is 89.1 Å². The van der Waals surface area contributed by atoms with Crippen LogP contribution in [0.5, 0.6) is 0 Å². The molecule has 5 heteroatoms. The van der Waals surface area contributed by atoms with E-state index in [9.17, 15) is 9.90 Å². The summed E-state index contributed by atoms with van der Waals surface area (Å²) in [4.78, 5) is 15.5. The van der Waals surface area contributed by atoms with Gasteiger partial charge in [-0.25, -0.2) is 9.67 Å². The monoisotopic (exact) mass is 211 g/mol. The lowest BCUT2D eigenvalue weighted by Crippen LogP contribution is -2.23. The van der Waals surface area contributed by atoms with Crippen molar-refractivity contribution in [3.05, 3.63) is 12.2 Å². The molecule has 1 aromatic heterocycles. The number of carbonyl (C=O) groups is 1. The molecule has 1 rings (SSSR count). The van der Waals surface area contributed by atoms with Crippen LogP contribution in [0.1, 0.15) is 32.5 Å². The highest BCUT2D eigenvalue weighted by Crippen LogP contribution is 2.02. The molecule has 0 aliphatic carbocycles. The molecule has 1 N–H and O–H groups in total. The molecule has 84 valence electrons. The maximum Gasteiger partial charge on any atom is 0.168 e. The molecule has 0 amide bonds. The van der Waals surface area contributed by atoms with Gasteiger partial charge >= 0.3 is 0 Å². The van der Waals surface area contributed by atoms with Crippen molar-refractivity contribution in [2.24, 2.45) is 0 Å². The minimum absolute atomic E-state index is 0.162. The highest BCUT2D eigenvalue weighted by Gasteiger charge is 2.16. The van der Waals surface area contributed by atoms with Crippen molar-refractivity contribution in [2.75, 3.05) is 0 Å². The first-order valence-corrected chi connectivity index (χ1v) is 5.26. The molecule has 0 radical (unpaired) electrons. The Hall–Kier alpha value is -1.23. The van der Waals surface area contributed by atoms with E-state index in [1.165, 1.54) is 6.33 Å². The van der Waals surface area contributed by atoms with Gasteiger partial charge in [-0.05, 0) is 12.8 Å². The first-order valence-electron chi connectivity index (χ1n) is 5.26. The molecule has 0 saturated carbocycles. The van der Waals surface area contributed by atoms with Crippen molar-refractivity contribution < 1.29 is 9.90 Å². The third kappa shape index (κ3) is 3.13. The zero-order valence-electron chi connectivity index (χ0n) is 9.18. The van der Waals surface area contributed by atoms with Crippen LogP contribution < -0.4 is 0 Å². The molecule has 1 aromatic rings. The molecular weight excluding hydrogens is 194 g/mol. The van der Waals surface area contributed by atoms with Crippen LogP contribution in [0.3, 0.4) is 0 Å². The molecule has 0 bridgehead atoms. The fourth-order valence-corrected chi connectivity index (χ4v) is 1.32. The summed E-state index contributed by atoms with van der Waals surface area (Å²) in [7, 11) is 0. The minimum Gasteiger partial charge on any atom is -0.385 e. The predicted molar refractivity (Wildman–Crippen MR) is 55.3 cm³/mol. The smallest absolute Gasteiger partial charge is 0.168 e. The largest absolute Gasteiger partial charge is 0.385 e. The van der Waals surface area contributed by atoms with Crippen LogP contribution in [-0.4, -0.2) is 31.8 Å².